The number of fused-ring (bicyclic) bond motifs is 1. The predicted molar refractivity (Wildman–Crippen MR) is 98.9 cm³/mol. The van der Waals surface area contributed by atoms with Crippen LogP contribution in [0, 0.1) is 6.92 Å². The van der Waals surface area contributed by atoms with Crippen LogP contribution in [0.1, 0.15) is 16.7 Å². The lowest BCUT2D eigenvalue weighted by Crippen LogP contribution is -2.44. The Bertz CT molecular complexity index is 893. The zero-order valence-corrected chi connectivity index (χ0v) is 15.3. The highest BCUT2D eigenvalue weighted by molar-refractivity contribution is 7.92. The Morgan fingerprint density at radius 3 is 2.52 bits per heavy atom. The van der Waals surface area contributed by atoms with E-state index in [-0.39, 0.29) is 12.5 Å². The minimum Gasteiger partial charge on any atom is -0.336 e. The Labute approximate surface area is 148 Å². The summed E-state index contributed by atoms with van der Waals surface area (Å²) in [6.45, 7) is 2.86. The number of sulfonamides is 1. The summed E-state index contributed by atoms with van der Waals surface area (Å²) >= 11 is 0. The largest absolute Gasteiger partial charge is 0.336 e. The number of rotatable bonds is 4. The molecule has 132 valence electrons. The Morgan fingerprint density at radius 1 is 1.12 bits per heavy atom. The van der Waals surface area contributed by atoms with E-state index in [9.17, 15) is 13.2 Å². The van der Waals surface area contributed by atoms with Crippen LogP contribution in [0.5, 0.6) is 0 Å². The highest BCUT2D eigenvalue weighted by atomic mass is 32.2. The van der Waals surface area contributed by atoms with E-state index in [1.54, 1.807) is 23.1 Å². The number of amides is 1. The third-order valence-corrected chi connectivity index (χ3v) is 5.59. The molecule has 6 heteroatoms. The lowest BCUT2D eigenvalue weighted by molar-refractivity contribution is -0.130. The van der Waals surface area contributed by atoms with Crippen molar-refractivity contribution < 1.29 is 13.2 Å². The van der Waals surface area contributed by atoms with E-state index >= 15 is 0 Å². The predicted octanol–water partition coefficient (Wildman–Crippen LogP) is 2.35. The summed E-state index contributed by atoms with van der Waals surface area (Å²) in [5.74, 6) is -0.179. The molecule has 0 spiro atoms. The van der Waals surface area contributed by atoms with Gasteiger partial charge in [0.05, 0.1) is 11.9 Å². The van der Waals surface area contributed by atoms with Crippen LogP contribution >= 0.6 is 0 Å². The Balaban J connectivity index is 1.80. The van der Waals surface area contributed by atoms with E-state index in [1.165, 1.54) is 9.87 Å². The lowest BCUT2D eigenvalue weighted by atomic mass is 10.00. The van der Waals surface area contributed by atoms with Gasteiger partial charge in [-0.15, -0.1) is 0 Å². The monoisotopic (exact) mass is 358 g/mol. The molecule has 0 saturated heterocycles. The number of benzene rings is 2. The van der Waals surface area contributed by atoms with E-state index in [0.29, 0.717) is 18.8 Å². The number of carbonyl (C=O) groups excluding carboxylic acids is 1. The van der Waals surface area contributed by atoms with E-state index in [0.717, 1.165) is 23.8 Å². The Morgan fingerprint density at radius 2 is 1.84 bits per heavy atom. The van der Waals surface area contributed by atoms with Gasteiger partial charge >= 0.3 is 0 Å². The van der Waals surface area contributed by atoms with Gasteiger partial charge in [-0.2, -0.15) is 0 Å². The SMILES string of the molecule is Cc1cccc(N(CC(=O)N2CCc3ccccc3C2)S(C)(=O)=O)c1. The first-order valence-electron chi connectivity index (χ1n) is 8.23. The molecule has 0 N–H and O–H groups in total. The van der Waals surface area contributed by atoms with Gasteiger partial charge in [-0.1, -0.05) is 36.4 Å². The van der Waals surface area contributed by atoms with E-state index in [2.05, 4.69) is 6.07 Å². The quantitative estimate of drug-likeness (QED) is 0.843. The second kappa shape index (κ2) is 6.88. The maximum Gasteiger partial charge on any atom is 0.243 e. The van der Waals surface area contributed by atoms with Gasteiger partial charge < -0.3 is 4.90 Å². The second-order valence-electron chi connectivity index (χ2n) is 6.44. The molecule has 0 saturated carbocycles. The van der Waals surface area contributed by atoms with Crippen molar-refractivity contribution in [3.63, 3.8) is 0 Å². The van der Waals surface area contributed by atoms with Crippen LogP contribution in [0.4, 0.5) is 5.69 Å². The van der Waals surface area contributed by atoms with Gasteiger partial charge in [-0.25, -0.2) is 8.42 Å². The lowest BCUT2D eigenvalue weighted by Gasteiger charge is -2.31. The smallest absolute Gasteiger partial charge is 0.243 e. The van der Waals surface area contributed by atoms with Gasteiger partial charge in [0.1, 0.15) is 6.54 Å². The van der Waals surface area contributed by atoms with Crippen molar-refractivity contribution in [2.45, 2.75) is 19.9 Å². The zero-order chi connectivity index (χ0) is 18.0. The molecule has 5 nitrogen and oxygen atoms in total. The number of anilines is 1. The molecule has 2 aromatic carbocycles. The molecule has 1 aliphatic heterocycles. The zero-order valence-electron chi connectivity index (χ0n) is 14.5. The average molecular weight is 358 g/mol. The van der Waals surface area contributed by atoms with Crippen LogP contribution in [0.25, 0.3) is 0 Å². The summed E-state index contributed by atoms with van der Waals surface area (Å²) in [5, 5.41) is 0. The van der Waals surface area contributed by atoms with Crippen molar-refractivity contribution in [1.29, 1.82) is 0 Å². The van der Waals surface area contributed by atoms with Crippen LogP contribution in [0.2, 0.25) is 0 Å². The molecule has 1 aliphatic rings. The number of carbonyl (C=O) groups is 1. The molecule has 1 amide bonds. The van der Waals surface area contributed by atoms with Gasteiger partial charge in [0.2, 0.25) is 15.9 Å². The molecule has 25 heavy (non-hydrogen) atoms. The topological polar surface area (TPSA) is 57.7 Å². The number of hydrogen-bond acceptors (Lipinski definition) is 3. The van der Waals surface area contributed by atoms with Crippen molar-refractivity contribution in [1.82, 2.24) is 4.90 Å². The average Bonchev–Trinajstić information content (AvgIpc) is 2.58. The molecule has 3 rings (SSSR count). The van der Waals surface area contributed by atoms with E-state index in [1.807, 2.05) is 31.2 Å². The summed E-state index contributed by atoms with van der Waals surface area (Å²) in [4.78, 5) is 14.5. The van der Waals surface area contributed by atoms with Crippen molar-refractivity contribution in [3.8, 4) is 0 Å². The van der Waals surface area contributed by atoms with E-state index in [4.69, 9.17) is 0 Å². The highest BCUT2D eigenvalue weighted by Crippen LogP contribution is 2.22. The maximum absolute atomic E-state index is 12.7. The fourth-order valence-electron chi connectivity index (χ4n) is 3.11. The summed E-state index contributed by atoms with van der Waals surface area (Å²) < 4.78 is 25.6. The van der Waals surface area contributed by atoms with E-state index < -0.39 is 10.0 Å². The van der Waals surface area contributed by atoms with Gasteiger partial charge in [0.25, 0.3) is 0 Å². The second-order valence-corrected chi connectivity index (χ2v) is 8.35. The molecular weight excluding hydrogens is 336 g/mol. The van der Waals surface area contributed by atoms with Crippen LogP contribution in [0.3, 0.4) is 0 Å². The summed E-state index contributed by atoms with van der Waals surface area (Å²) in [6.07, 6.45) is 1.93. The first-order valence-corrected chi connectivity index (χ1v) is 10.1. The standard InChI is InChI=1S/C19H22N2O3S/c1-15-6-5-9-18(12-15)21(25(2,23)24)14-19(22)20-11-10-16-7-3-4-8-17(16)13-20/h3-9,12H,10-11,13-14H2,1-2H3. The molecule has 0 bridgehead atoms. The van der Waals surface area contributed by atoms with Gasteiger partial charge in [-0.05, 0) is 42.2 Å². The maximum atomic E-state index is 12.7. The van der Waals surface area contributed by atoms with Crippen molar-refractivity contribution in [3.05, 3.63) is 65.2 Å². The van der Waals surface area contributed by atoms with Gasteiger partial charge in [0, 0.05) is 13.1 Å². The third kappa shape index (κ3) is 4.02. The van der Waals surface area contributed by atoms with Crippen molar-refractivity contribution in [2.75, 3.05) is 23.7 Å². The first-order chi connectivity index (χ1) is 11.8. The van der Waals surface area contributed by atoms with Crippen LogP contribution in [-0.2, 0) is 27.8 Å². The van der Waals surface area contributed by atoms with Gasteiger partial charge in [0.15, 0.2) is 0 Å². The molecule has 0 fully saturated rings. The van der Waals surface area contributed by atoms with Crippen LogP contribution in [0.15, 0.2) is 48.5 Å². The summed E-state index contributed by atoms with van der Waals surface area (Å²) in [5.41, 5.74) is 3.85. The van der Waals surface area contributed by atoms with Crippen LogP contribution in [-0.4, -0.2) is 38.6 Å². The van der Waals surface area contributed by atoms with Gasteiger partial charge in [-0.3, -0.25) is 9.10 Å². The molecule has 0 aliphatic carbocycles. The molecule has 0 unspecified atom stereocenters. The fourth-order valence-corrected chi connectivity index (χ4v) is 3.96. The third-order valence-electron chi connectivity index (χ3n) is 4.45. The summed E-state index contributed by atoms with van der Waals surface area (Å²) in [6, 6.07) is 15.2. The summed E-state index contributed by atoms with van der Waals surface area (Å²) in [7, 11) is -3.54. The molecule has 0 radical (unpaired) electrons. The molecule has 1 heterocycles. The number of nitrogens with zero attached hydrogens (tertiary/aromatic N) is 2. The van der Waals surface area contributed by atoms with Crippen LogP contribution < -0.4 is 4.31 Å². The molecule has 0 aromatic heterocycles. The van der Waals surface area contributed by atoms with Crippen molar-refractivity contribution >= 4 is 21.6 Å². The molecule has 0 atom stereocenters. The Hall–Kier alpha value is -2.34. The highest BCUT2D eigenvalue weighted by Gasteiger charge is 2.26. The first kappa shape index (κ1) is 17.5. The molecular formula is C19H22N2O3S. The minimum absolute atomic E-state index is 0.176. The normalized spacial score (nSPS) is 14.1. The Kier molecular flexibility index (Phi) is 4.81. The molecule has 2 aromatic rings. The fraction of sp³-hybridized carbons (Fsp3) is 0.316. The number of hydrogen-bond donors (Lipinski definition) is 0. The minimum atomic E-state index is -3.54. The van der Waals surface area contributed by atoms with Crippen molar-refractivity contribution in [2.24, 2.45) is 0 Å². The number of aryl methyl sites for hydroxylation is 1.